The van der Waals surface area contributed by atoms with Crippen LogP contribution >= 0.6 is 0 Å². The van der Waals surface area contributed by atoms with E-state index >= 15 is 0 Å². The number of rotatable bonds is 5. The van der Waals surface area contributed by atoms with Gasteiger partial charge in [0.2, 0.25) is 6.41 Å². The maximum atomic E-state index is 10.6. The lowest BCUT2D eigenvalue weighted by Crippen LogP contribution is -2.19. The summed E-state index contributed by atoms with van der Waals surface area (Å²) >= 11 is 0. The molecule has 1 aliphatic rings. The number of anilines is 2. The van der Waals surface area contributed by atoms with E-state index in [1.807, 2.05) is 55.6 Å². The van der Waals surface area contributed by atoms with Crippen LogP contribution in [0, 0.1) is 6.92 Å². The van der Waals surface area contributed by atoms with Gasteiger partial charge in [0.05, 0.1) is 6.04 Å². The van der Waals surface area contributed by atoms with Crippen LogP contribution in [0.25, 0.3) is 16.8 Å². The second-order valence-electron chi connectivity index (χ2n) is 8.46. The molecule has 0 radical (unpaired) electrons. The van der Waals surface area contributed by atoms with Gasteiger partial charge in [-0.3, -0.25) is 23.9 Å². The zero-order chi connectivity index (χ0) is 26.6. The lowest BCUT2D eigenvalue weighted by atomic mass is 10.1. The molecular weight excluding hydrogens is 466 g/mol. The molecule has 0 saturated carbocycles. The van der Waals surface area contributed by atoms with Crippen molar-refractivity contribution >= 4 is 29.7 Å². The van der Waals surface area contributed by atoms with Gasteiger partial charge in [0, 0.05) is 35.5 Å². The first-order chi connectivity index (χ1) is 18.0. The molecule has 4 heterocycles. The van der Waals surface area contributed by atoms with Gasteiger partial charge in [-0.2, -0.15) is 0 Å². The van der Waals surface area contributed by atoms with Crippen molar-refractivity contribution in [1.82, 2.24) is 24.3 Å². The number of fused-ring (bicyclic) bond motifs is 1. The minimum atomic E-state index is 0.277. The molecule has 1 amide bonds. The van der Waals surface area contributed by atoms with Crippen LogP contribution in [0.15, 0.2) is 73.2 Å². The number of hydrogen-bond donors (Lipinski definition) is 2. The minimum Gasteiger partial charge on any atom is -0.382 e. The molecule has 0 aliphatic carbocycles. The van der Waals surface area contributed by atoms with Crippen molar-refractivity contribution in [3.63, 3.8) is 0 Å². The smallest absolute Gasteiger partial charge is 0.211 e. The fourth-order valence-electron chi connectivity index (χ4n) is 4.08. The van der Waals surface area contributed by atoms with Crippen molar-refractivity contribution in [2.75, 3.05) is 24.6 Å². The largest absolute Gasteiger partial charge is 0.382 e. The number of likely N-dealkylation sites (tertiary alicyclic amines) is 1. The fraction of sp³-hybridized carbons (Fsp3) is 0.250. The van der Waals surface area contributed by atoms with Crippen LogP contribution in [0.3, 0.4) is 0 Å². The highest BCUT2D eigenvalue weighted by Crippen LogP contribution is 2.35. The molecule has 1 atom stereocenters. The summed E-state index contributed by atoms with van der Waals surface area (Å²) in [5.74, 6) is 1.46. The van der Waals surface area contributed by atoms with Crippen LogP contribution in [-0.4, -0.2) is 50.5 Å². The molecule has 3 N–H and O–H groups in total. The van der Waals surface area contributed by atoms with Crippen LogP contribution < -0.4 is 11.1 Å². The number of aromatic nitrogens is 4. The number of allylic oxidation sites excluding steroid dienone is 2. The summed E-state index contributed by atoms with van der Waals surface area (Å²) in [6, 6.07) is 13.7. The minimum absolute atomic E-state index is 0.277. The second kappa shape index (κ2) is 13.6. The third kappa shape index (κ3) is 7.08. The van der Waals surface area contributed by atoms with Crippen molar-refractivity contribution in [3.8, 4) is 11.3 Å². The van der Waals surface area contributed by atoms with Gasteiger partial charge in [-0.05, 0) is 70.6 Å². The Morgan fingerprint density at radius 3 is 2.38 bits per heavy atom. The van der Waals surface area contributed by atoms with Gasteiger partial charge in [0.1, 0.15) is 29.1 Å². The lowest BCUT2D eigenvalue weighted by molar-refractivity contribution is -0.105. The number of nitrogen functional groups attached to an aromatic ring is 1. The number of carbonyl (C=O) groups is 2. The number of benzene rings is 1. The molecule has 1 saturated heterocycles. The summed E-state index contributed by atoms with van der Waals surface area (Å²) in [6.07, 6.45) is 12.2. The molecule has 0 spiro atoms. The van der Waals surface area contributed by atoms with Crippen molar-refractivity contribution in [2.24, 2.45) is 0 Å². The van der Waals surface area contributed by atoms with Crippen LogP contribution in [-0.2, 0) is 9.59 Å². The van der Waals surface area contributed by atoms with E-state index < -0.39 is 0 Å². The summed E-state index contributed by atoms with van der Waals surface area (Å²) < 4.78 is 2.06. The number of imidazole rings is 1. The van der Waals surface area contributed by atoms with Gasteiger partial charge >= 0.3 is 0 Å². The predicted octanol–water partition coefficient (Wildman–Crippen LogP) is 4.46. The highest BCUT2D eigenvalue weighted by molar-refractivity contribution is 5.86. The van der Waals surface area contributed by atoms with E-state index in [9.17, 15) is 9.59 Å². The van der Waals surface area contributed by atoms with Gasteiger partial charge in [-0.25, -0.2) is 9.97 Å². The first kappa shape index (κ1) is 27.2. The Hall–Kier alpha value is -4.37. The van der Waals surface area contributed by atoms with Crippen LogP contribution in [0.5, 0.6) is 0 Å². The van der Waals surface area contributed by atoms with E-state index in [0.29, 0.717) is 12.2 Å². The average molecular weight is 500 g/mol. The number of nitrogens with two attached hydrogens (primary N) is 1. The van der Waals surface area contributed by atoms with E-state index in [-0.39, 0.29) is 6.04 Å². The Morgan fingerprint density at radius 2 is 1.86 bits per heavy atom. The zero-order valence-corrected chi connectivity index (χ0v) is 21.4. The van der Waals surface area contributed by atoms with Crippen molar-refractivity contribution in [3.05, 3.63) is 84.7 Å². The summed E-state index contributed by atoms with van der Waals surface area (Å²) in [4.78, 5) is 35.4. The van der Waals surface area contributed by atoms with Crippen LogP contribution in [0.1, 0.15) is 37.3 Å². The quantitative estimate of drug-likeness (QED) is 0.307. The van der Waals surface area contributed by atoms with Crippen LogP contribution in [0.2, 0.25) is 0 Å². The normalized spacial score (nSPS) is 14.9. The Bertz CT molecular complexity index is 1320. The molecule has 37 heavy (non-hydrogen) atoms. The predicted molar refractivity (Wildman–Crippen MR) is 147 cm³/mol. The molecule has 3 aromatic heterocycles. The first-order valence-electron chi connectivity index (χ1n) is 12.1. The number of carbonyl (C=O) groups excluding carboxylic acids is 2. The topological polar surface area (TPSA) is 119 Å². The van der Waals surface area contributed by atoms with Crippen molar-refractivity contribution < 1.29 is 9.59 Å². The van der Waals surface area contributed by atoms with Gasteiger partial charge in [0.15, 0.2) is 0 Å². The Balaban J connectivity index is 0.000000262. The van der Waals surface area contributed by atoms with E-state index in [1.54, 1.807) is 25.4 Å². The summed E-state index contributed by atoms with van der Waals surface area (Å²) in [5.41, 5.74) is 10.6. The van der Waals surface area contributed by atoms with E-state index in [2.05, 4.69) is 31.6 Å². The summed E-state index contributed by atoms with van der Waals surface area (Å²) in [5, 5.41) is 2.64. The number of hydrogen-bond acceptors (Lipinski definition) is 7. The summed E-state index contributed by atoms with van der Waals surface area (Å²) in [7, 11) is 2.13. The first-order valence-corrected chi connectivity index (χ1v) is 12.1. The number of nitrogens with zero attached hydrogens (tertiary/aromatic N) is 5. The Kier molecular flexibility index (Phi) is 10.0. The highest BCUT2D eigenvalue weighted by Gasteiger charge is 2.28. The number of pyridine rings is 1. The number of aryl methyl sites for hydroxylation is 1. The molecule has 0 bridgehead atoms. The molecule has 9 nitrogen and oxygen atoms in total. The van der Waals surface area contributed by atoms with Gasteiger partial charge in [-0.1, -0.05) is 24.3 Å². The number of amides is 1. The van der Waals surface area contributed by atoms with Gasteiger partial charge in [0.25, 0.3) is 0 Å². The van der Waals surface area contributed by atoms with Crippen LogP contribution in [0.4, 0.5) is 11.5 Å². The standard InChI is InChI=1S/C18H20N6O.C6H7N.C4H6O/c1-23-9-2-3-14(23)18-22-15(16-17(19)20-8-10-24(16)18)12-4-6-13(7-5-12)21-11-25;1-6-4-2-3-5-7-6;1-2-3-4-5/h4-8,10-11,14H,2-3,9H2,1H3,(H2,19,20)(H,21,25);2-5H,1H3;2-4H,1H3/b;;3-2+. The Labute approximate surface area is 217 Å². The van der Waals surface area contributed by atoms with Crippen molar-refractivity contribution in [1.29, 1.82) is 0 Å². The Morgan fingerprint density at radius 1 is 1.08 bits per heavy atom. The SMILES string of the molecule is C/C=C/C=O.CN1CCCC1c1nc(-c2ccc(NC=O)cc2)c2c(N)nccn12.Cc1ccccn1. The number of aldehydes is 1. The van der Waals surface area contributed by atoms with E-state index in [4.69, 9.17) is 10.7 Å². The molecule has 192 valence electrons. The number of nitrogens with one attached hydrogen (secondary N) is 1. The van der Waals surface area contributed by atoms with E-state index in [1.165, 1.54) is 6.08 Å². The molecular formula is C28H33N7O2. The monoisotopic (exact) mass is 499 g/mol. The summed E-state index contributed by atoms with van der Waals surface area (Å²) in [6.45, 7) is 4.84. The highest BCUT2D eigenvalue weighted by atomic mass is 16.1. The molecule has 4 aromatic rings. The molecule has 5 rings (SSSR count). The maximum Gasteiger partial charge on any atom is 0.211 e. The molecule has 9 heteroatoms. The molecule has 1 fully saturated rings. The van der Waals surface area contributed by atoms with E-state index in [0.717, 1.165) is 59.7 Å². The fourth-order valence-corrected chi connectivity index (χ4v) is 4.08. The molecule has 1 aliphatic heterocycles. The second-order valence-corrected chi connectivity index (χ2v) is 8.46. The average Bonchev–Trinajstić information content (AvgIpc) is 3.50. The third-order valence-corrected chi connectivity index (χ3v) is 5.90. The third-order valence-electron chi connectivity index (χ3n) is 5.90. The maximum absolute atomic E-state index is 10.6. The zero-order valence-electron chi connectivity index (χ0n) is 21.4. The molecule has 1 aromatic carbocycles. The van der Waals surface area contributed by atoms with Crippen molar-refractivity contribution in [2.45, 2.75) is 32.7 Å². The molecule has 1 unspecified atom stereocenters. The van der Waals surface area contributed by atoms with Gasteiger partial charge < -0.3 is 11.1 Å². The van der Waals surface area contributed by atoms with Gasteiger partial charge in [-0.15, -0.1) is 0 Å². The lowest BCUT2D eigenvalue weighted by Gasteiger charge is -2.18.